The second-order valence-electron chi connectivity index (χ2n) is 15.0. The number of ether oxygens (including phenoxy) is 1. The maximum Gasteiger partial charge on any atom is 0.140 e. The summed E-state index contributed by atoms with van der Waals surface area (Å²) in [6.07, 6.45) is 14.0. The van der Waals surface area contributed by atoms with E-state index < -0.39 is 0 Å². The molecule has 4 aromatic carbocycles. The predicted octanol–water partition coefficient (Wildman–Crippen LogP) is 12.7. The van der Waals surface area contributed by atoms with E-state index in [2.05, 4.69) is 72.0 Å². The van der Waals surface area contributed by atoms with Crippen molar-refractivity contribution in [3.05, 3.63) is 132 Å². The van der Waals surface area contributed by atoms with E-state index in [0.29, 0.717) is 23.4 Å². The molecule has 52 heavy (non-hydrogen) atoms. The summed E-state index contributed by atoms with van der Waals surface area (Å²) < 4.78 is 25.4. The van der Waals surface area contributed by atoms with Gasteiger partial charge >= 0.3 is 0 Å². The molecule has 0 saturated heterocycles. The molecule has 0 atom stereocenters. The van der Waals surface area contributed by atoms with E-state index >= 15 is 0 Å². The lowest BCUT2D eigenvalue weighted by Crippen LogP contribution is -2.12. The number of aromatic nitrogens is 4. The summed E-state index contributed by atoms with van der Waals surface area (Å²) in [6.45, 7) is 4.54. The van der Waals surface area contributed by atoms with Gasteiger partial charge in [-0.15, -0.1) is 0 Å². The Morgan fingerprint density at radius 1 is 0.635 bits per heavy atom. The van der Waals surface area contributed by atoms with Crippen LogP contribution >= 0.6 is 0 Å². The van der Waals surface area contributed by atoms with Gasteiger partial charge in [-0.3, -0.25) is 4.57 Å². The topological polar surface area (TPSA) is 44.9 Å². The molecule has 0 radical (unpaired) electrons. The summed E-state index contributed by atoms with van der Waals surface area (Å²) in [7, 11) is 0. The van der Waals surface area contributed by atoms with Crippen molar-refractivity contribution in [2.24, 2.45) is 0 Å². The van der Waals surface area contributed by atoms with Crippen molar-refractivity contribution in [3.63, 3.8) is 0 Å². The van der Waals surface area contributed by atoms with Gasteiger partial charge < -0.3 is 4.74 Å². The van der Waals surface area contributed by atoms with Gasteiger partial charge in [0.2, 0.25) is 0 Å². The normalized spacial score (nSPS) is 15.8. The zero-order valence-electron chi connectivity index (χ0n) is 30.1. The number of halogens is 1. The molecule has 2 aliphatic rings. The average Bonchev–Trinajstić information content (AvgIpc) is 3.72. The molecule has 262 valence electrons. The number of aryl methyl sites for hydroxylation is 2. The second kappa shape index (κ2) is 13.7. The summed E-state index contributed by atoms with van der Waals surface area (Å²) in [5, 5.41) is 7.77. The lowest BCUT2D eigenvalue weighted by molar-refractivity contribution is 0.428. The van der Waals surface area contributed by atoms with Crippen LogP contribution in [0, 0.1) is 19.7 Å². The van der Waals surface area contributed by atoms with Gasteiger partial charge in [-0.2, -0.15) is 5.10 Å². The van der Waals surface area contributed by atoms with E-state index in [0.717, 1.165) is 33.2 Å². The molecule has 0 unspecified atom stereocenters. The van der Waals surface area contributed by atoms with E-state index in [9.17, 15) is 4.39 Å². The molecule has 2 fully saturated rings. The van der Waals surface area contributed by atoms with Crippen molar-refractivity contribution >= 4 is 21.8 Å². The van der Waals surface area contributed by atoms with Gasteiger partial charge in [0.25, 0.3) is 0 Å². The first-order valence-electron chi connectivity index (χ1n) is 19.2. The molecular weight excluding hydrogens is 644 g/mol. The maximum atomic E-state index is 14.4. The van der Waals surface area contributed by atoms with E-state index in [1.54, 1.807) is 0 Å². The van der Waals surface area contributed by atoms with Crippen LogP contribution in [0.4, 0.5) is 4.39 Å². The highest BCUT2D eigenvalue weighted by atomic mass is 19.1. The number of para-hydroxylation sites is 1. The zero-order chi connectivity index (χ0) is 35.2. The van der Waals surface area contributed by atoms with Crippen LogP contribution in [0.2, 0.25) is 0 Å². The van der Waals surface area contributed by atoms with Crippen molar-refractivity contribution in [2.45, 2.75) is 89.9 Å². The zero-order valence-corrected chi connectivity index (χ0v) is 30.1. The average molecular weight is 689 g/mol. The number of rotatable bonds is 7. The molecule has 3 aromatic heterocycles. The first kappa shape index (κ1) is 32.7. The molecule has 0 aliphatic heterocycles. The number of benzene rings is 4. The third-order valence-corrected chi connectivity index (χ3v) is 11.5. The molecule has 9 rings (SSSR count). The molecule has 6 heteroatoms. The Morgan fingerprint density at radius 3 is 2.10 bits per heavy atom. The van der Waals surface area contributed by atoms with Crippen molar-refractivity contribution in [1.29, 1.82) is 0 Å². The number of hydrogen-bond donors (Lipinski definition) is 0. The molecule has 2 aliphatic carbocycles. The van der Waals surface area contributed by atoms with Crippen LogP contribution in [0.25, 0.3) is 44.4 Å². The third-order valence-electron chi connectivity index (χ3n) is 11.5. The fraction of sp³-hybridized carbons (Fsp3) is 0.304. The second-order valence-corrected chi connectivity index (χ2v) is 15.0. The first-order chi connectivity index (χ1) is 25.5. The molecule has 0 N–H and O–H groups in total. The molecule has 5 nitrogen and oxygen atoms in total. The Balaban J connectivity index is 1.17. The Hall–Kier alpha value is -5.23. The summed E-state index contributed by atoms with van der Waals surface area (Å²) in [5.74, 6) is 2.60. The minimum atomic E-state index is -0.321. The predicted molar refractivity (Wildman–Crippen MR) is 209 cm³/mol. The summed E-state index contributed by atoms with van der Waals surface area (Å²) in [4.78, 5) is 4.54. The summed E-state index contributed by atoms with van der Waals surface area (Å²) >= 11 is 0. The van der Waals surface area contributed by atoms with E-state index in [1.807, 2.05) is 41.0 Å². The highest BCUT2D eigenvalue weighted by Crippen LogP contribution is 2.47. The molecular formula is C46H45FN4O. The molecule has 3 heterocycles. The fourth-order valence-corrected chi connectivity index (χ4v) is 9.12. The van der Waals surface area contributed by atoms with E-state index in [-0.39, 0.29) is 5.82 Å². The monoisotopic (exact) mass is 688 g/mol. The lowest BCUT2D eigenvalue weighted by Gasteiger charge is -2.26. The van der Waals surface area contributed by atoms with E-state index in [4.69, 9.17) is 9.84 Å². The minimum Gasteiger partial charge on any atom is -0.457 e. The van der Waals surface area contributed by atoms with Gasteiger partial charge in [-0.1, -0.05) is 81.0 Å². The molecule has 0 amide bonds. The van der Waals surface area contributed by atoms with Crippen LogP contribution in [0.1, 0.15) is 98.6 Å². The van der Waals surface area contributed by atoms with Crippen LogP contribution in [-0.2, 0) is 0 Å². The van der Waals surface area contributed by atoms with Gasteiger partial charge in [-0.05, 0) is 92.6 Å². The standard InChI is InChI=1S/C46H45FN4O/c1-30-13-11-14-31(2)43(30)44-45(32-15-5-3-6-16-32)49-51(46(44)33-17-7-4-8-18-33)35-19-12-20-36(28-35)52-37-23-24-39-38-21-9-10-22-40(38)50(41(39)29-37)42-27-34(47)25-26-48-42/h9-14,19-29,32-33H,3-8,15-18H2,1-2H3. The van der Waals surface area contributed by atoms with Gasteiger partial charge in [0.15, 0.2) is 0 Å². The quantitative estimate of drug-likeness (QED) is 0.167. The Bertz CT molecular complexity index is 2390. The number of pyridine rings is 1. The SMILES string of the molecule is Cc1cccc(C)c1-c1c(C2CCCCC2)nn(-c2cccc(Oc3ccc4c5ccccc5n(-c5cc(F)ccn5)c4c3)c2)c1C1CCCCC1. The van der Waals surface area contributed by atoms with E-state index in [1.165, 1.54) is 116 Å². The fourth-order valence-electron chi connectivity index (χ4n) is 9.12. The molecule has 0 spiro atoms. The van der Waals surface area contributed by atoms with Gasteiger partial charge in [0.05, 0.1) is 28.1 Å². The summed E-state index contributed by atoms with van der Waals surface area (Å²) in [6, 6.07) is 32.3. The van der Waals surface area contributed by atoms with Crippen LogP contribution < -0.4 is 4.74 Å². The van der Waals surface area contributed by atoms with Crippen molar-refractivity contribution < 1.29 is 9.13 Å². The number of fused-ring (bicyclic) bond motifs is 3. The van der Waals surface area contributed by atoms with Crippen molar-refractivity contribution in [3.8, 4) is 34.1 Å². The summed E-state index contributed by atoms with van der Waals surface area (Å²) in [5.41, 5.74) is 11.0. The molecule has 0 bridgehead atoms. The van der Waals surface area contributed by atoms with Crippen LogP contribution in [-0.4, -0.2) is 19.3 Å². The third kappa shape index (κ3) is 5.88. The highest BCUT2D eigenvalue weighted by molar-refractivity contribution is 6.09. The Kier molecular flexibility index (Phi) is 8.62. The van der Waals surface area contributed by atoms with Gasteiger partial charge in [0.1, 0.15) is 23.1 Å². The number of nitrogens with zero attached hydrogens (tertiary/aromatic N) is 4. The van der Waals surface area contributed by atoms with Crippen LogP contribution in [0.15, 0.2) is 103 Å². The van der Waals surface area contributed by atoms with Crippen LogP contribution in [0.3, 0.4) is 0 Å². The van der Waals surface area contributed by atoms with Crippen LogP contribution in [0.5, 0.6) is 11.5 Å². The van der Waals surface area contributed by atoms with Crippen molar-refractivity contribution in [2.75, 3.05) is 0 Å². The lowest BCUT2D eigenvalue weighted by atomic mass is 9.79. The Labute approximate surface area is 305 Å². The maximum absolute atomic E-state index is 14.4. The van der Waals surface area contributed by atoms with Crippen molar-refractivity contribution in [1.82, 2.24) is 19.3 Å². The highest BCUT2D eigenvalue weighted by Gasteiger charge is 2.33. The first-order valence-corrected chi connectivity index (χ1v) is 19.2. The minimum absolute atomic E-state index is 0.321. The smallest absolute Gasteiger partial charge is 0.140 e. The Morgan fingerprint density at radius 2 is 1.33 bits per heavy atom. The largest absolute Gasteiger partial charge is 0.457 e. The van der Waals surface area contributed by atoms with Gasteiger partial charge in [0, 0.05) is 52.6 Å². The number of hydrogen-bond acceptors (Lipinski definition) is 3. The van der Waals surface area contributed by atoms with Gasteiger partial charge in [-0.25, -0.2) is 14.1 Å². The molecule has 7 aromatic rings. The molecule has 2 saturated carbocycles.